The van der Waals surface area contributed by atoms with Gasteiger partial charge in [0.05, 0.1) is 32.6 Å². The normalized spacial score (nSPS) is 15.3. The summed E-state index contributed by atoms with van der Waals surface area (Å²) in [5.41, 5.74) is 0. The first-order valence-corrected chi connectivity index (χ1v) is 27.7. The van der Waals surface area contributed by atoms with Crippen molar-refractivity contribution in [2.45, 2.75) is 253 Å². The minimum Gasteiger partial charge on any atom is -0.465 e. The van der Waals surface area contributed by atoms with Crippen LogP contribution in [0.4, 0.5) is 4.79 Å². The number of esters is 2. The summed E-state index contributed by atoms with van der Waals surface area (Å²) in [5, 5.41) is 0. The zero-order chi connectivity index (χ0) is 48.1. The Bertz CT molecular complexity index is 1070. The molecule has 1 fully saturated rings. The van der Waals surface area contributed by atoms with Gasteiger partial charge in [-0.25, -0.2) is 4.79 Å². The number of carbonyl (C=O) groups is 3. The molecule has 1 heterocycles. The third-order valence-corrected chi connectivity index (χ3v) is 12.6. The molecule has 0 radical (unpaired) electrons. The van der Waals surface area contributed by atoms with Crippen LogP contribution in [0.2, 0.25) is 0 Å². The molecule has 0 bridgehead atoms. The van der Waals surface area contributed by atoms with E-state index < -0.39 is 24.8 Å². The van der Waals surface area contributed by atoms with Gasteiger partial charge in [0.2, 0.25) is 0 Å². The minimum atomic E-state index is -0.556. The van der Waals surface area contributed by atoms with Crippen LogP contribution in [0.5, 0.6) is 0 Å². The number of carbonyl (C=O) groups excluding carboxylic acids is 3. The van der Waals surface area contributed by atoms with Crippen LogP contribution in [0.1, 0.15) is 234 Å². The van der Waals surface area contributed by atoms with E-state index in [2.05, 4.69) is 46.4 Å². The lowest BCUT2D eigenvalue weighted by Gasteiger charge is -2.36. The second kappa shape index (κ2) is 45.5. The highest BCUT2D eigenvalue weighted by molar-refractivity contribution is 5.70. The number of amides is 1. The zero-order valence-corrected chi connectivity index (χ0v) is 43.8. The molecule has 66 heavy (non-hydrogen) atoms. The van der Waals surface area contributed by atoms with Gasteiger partial charge in [0, 0.05) is 58.3 Å². The molecule has 1 amide bonds. The molecule has 1 aliphatic rings. The van der Waals surface area contributed by atoms with E-state index in [0.29, 0.717) is 58.8 Å². The van der Waals surface area contributed by atoms with E-state index in [1.54, 1.807) is 4.90 Å². The lowest BCUT2D eigenvalue weighted by atomic mass is 9.97. The molecule has 0 N–H and O–H groups in total. The van der Waals surface area contributed by atoms with Crippen LogP contribution in [0.25, 0.3) is 0 Å². The highest BCUT2D eigenvalue weighted by atomic mass is 16.7. The molecule has 1 saturated heterocycles. The maximum Gasteiger partial charge on any atom is 0.409 e. The van der Waals surface area contributed by atoms with Gasteiger partial charge in [0.25, 0.3) is 0 Å². The molecular formula is C54H104N2O10. The summed E-state index contributed by atoms with van der Waals surface area (Å²) >= 11 is 0. The third kappa shape index (κ3) is 36.1. The first-order valence-electron chi connectivity index (χ1n) is 27.7. The molecule has 0 aromatic heterocycles. The Morgan fingerprint density at radius 1 is 0.485 bits per heavy atom. The Morgan fingerprint density at radius 2 is 0.894 bits per heavy atom. The maximum absolute atomic E-state index is 13.4. The number of hydrogen-bond acceptors (Lipinski definition) is 11. The van der Waals surface area contributed by atoms with Crippen molar-refractivity contribution < 1.29 is 47.5 Å². The Kier molecular flexibility index (Phi) is 42.7. The number of piperidine rings is 1. The molecule has 0 unspecified atom stereocenters. The highest BCUT2D eigenvalue weighted by Crippen LogP contribution is 2.23. The van der Waals surface area contributed by atoms with Crippen LogP contribution in [0.15, 0.2) is 0 Å². The summed E-state index contributed by atoms with van der Waals surface area (Å²) < 4.78 is 42.3. The van der Waals surface area contributed by atoms with Crippen molar-refractivity contribution in [1.82, 2.24) is 9.80 Å². The Morgan fingerprint density at radius 3 is 1.32 bits per heavy atom. The smallest absolute Gasteiger partial charge is 0.409 e. The lowest BCUT2D eigenvalue weighted by molar-refractivity contribution is -0.166. The van der Waals surface area contributed by atoms with Crippen molar-refractivity contribution in [2.75, 3.05) is 72.4 Å². The number of unbranched alkanes of at least 4 members (excludes halogenated alkanes) is 20. The van der Waals surface area contributed by atoms with Crippen LogP contribution >= 0.6 is 0 Å². The van der Waals surface area contributed by atoms with Gasteiger partial charge in [-0.3, -0.25) is 9.59 Å². The second-order valence-electron chi connectivity index (χ2n) is 18.8. The summed E-state index contributed by atoms with van der Waals surface area (Å²) in [6.45, 7) is 19.3. The predicted octanol–water partition coefficient (Wildman–Crippen LogP) is 13.4. The summed E-state index contributed by atoms with van der Waals surface area (Å²) in [4.78, 5) is 43.9. The van der Waals surface area contributed by atoms with Gasteiger partial charge < -0.3 is 43.0 Å². The summed E-state index contributed by atoms with van der Waals surface area (Å²) in [5.74, 6) is -0.903. The van der Waals surface area contributed by atoms with Crippen molar-refractivity contribution in [2.24, 2.45) is 5.92 Å². The van der Waals surface area contributed by atoms with Crippen molar-refractivity contribution in [3.8, 4) is 0 Å². The van der Waals surface area contributed by atoms with Gasteiger partial charge in [-0.15, -0.1) is 0 Å². The molecule has 12 heteroatoms. The minimum absolute atomic E-state index is 0.112. The Labute approximate surface area is 405 Å². The summed E-state index contributed by atoms with van der Waals surface area (Å²) in [6, 6.07) is 0. The molecule has 0 aromatic carbocycles. The van der Waals surface area contributed by atoms with Gasteiger partial charge in [0.15, 0.2) is 12.6 Å². The molecule has 0 aromatic rings. The number of nitrogens with zero attached hydrogens (tertiary/aromatic N) is 2. The van der Waals surface area contributed by atoms with E-state index >= 15 is 0 Å². The average Bonchev–Trinajstić information content (AvgIpc) is 3.32. The molecule has 1 aliphatic heterocycles. The van der Waals surface area contributed by atoms with E-state index in [-0.39, 0.29) is 43.8 Å². The number of ether oxygens (including phenoxy) is 7. The van der Waals surface area contributed by atoms with Crippen LogP contribution < -0.4 is 0 Å². The quantitative estimate of drug-likeness (QED) is 0.0251. The second-order valence-corrected chi connectivity index (χ2v) is 18.8. The van der Waals surface area contributed by atoms with Crippen molar-refractivity contribution in [3.63, 3.8) is 0 Å². The fraction of sp³-hybridized carbons (Fsp3) is 0.944. The largest absolute Gasteiger partial charge is 0.465 e. The highest BCUT2D eigenvalue weighted by Gasteiger charge is 2.34. The molecule has 0 saturated carbocycles. The SMILES string of the molecule is CCCCCCCCOC(CCC(=O)OC[C@@H]1C[C@@H](OC(=O)CCC(OCCCCCCCC)OCCCCCCCC)CN(C(=O)OCCCN(CC)CC)C1)OCCCCCCCC. The molecule has 1 rings (SSSR count). The van der Waals surface area contributed by atoms with E-state index in [4.69, 9.17) is 33.2 Å². The fourth-order valence-electron chi connectivity index (χ4n) is 8.40. The molecule has 0 aliphatic carbocycles. The zero-order valence-electron chi connectivity index (χ0n) is 43.8. The topological polar surface area (TPSA) is 122 Å². The predicted molar refractivity (Wildman–Crippen MR) is 268 cm³/mol. The third-order valence-electron chi connectivity index (χ3n) is 12.6. The molecule has 12 nitrogen and oxygen atoms in total. The van der Waals surface area contributed by atoms with Crippen LogP contribution in [0, 0.1) is 5.92 Å². The van der Waals surface area contributed by atoms with E-state index in [1.165, 1.54) is 103 Å². The fourth-order valence-corrected chi connectivity index (χ4v) is 8.40. The van der Waals surface area contributed by atoms with Gasteiger partial charge in [-0.1, -0.05) is 170 Å². The van der Waals surface area contributed by atoms with E-state index in [1.807, 2.05) is 0 Å². The average molecular weight is 941 g/mol. The Balaban J connectivity index is 2.85. The van der Waals surface area contributed by atoms with Gasteiger partial charge in [-0.2, -0.15) is 0 Å². The molecule has 0 spiro atoms. The van der Waals surface area contributed by atoms with Crippen LogP contribution in [-0.2, 0) is 42.7 Å². The standard InChI is InChI=1S/C54H104N2O10/c1-7-13-17-21-25-29-39-60-52(61-40-30-26-22-18-14-8-2)36-34-50(57)65-47-48-44-49(46-56(45-48)54(59)64-43-33-38-55(11-5)12-6)66-51(58)35-37-53(62-41-31-27-23-19-15-9-3)63-42-32-28-24-20-16-10-4/h48-49,52-53H,7-47H2,1-6H3/t48-,49-/m1/s1. The van der Waals surface area contributed by atoms with E-state index in [0.717, 1.165) is 77.4 Å². The first-order chi connectivity index (χ1) is 32.3. The van der Waals surface area contributed by atoms with Crippen LogP contribution in [-0.4, -0.2) is 119 Å². The monoisotopic (exact) mass is 941 g/mol. The van der Waals surface area contributed by atoms with Crippen molar-refractivity contribution >= 4 is 18.0 Å². The van der Waals surface area contributed by atoms with E-state index in [9.17, 15) is 14.4 Å². The first kappa shape index (κ1) is 62.0. The Hall–Kier alpha value is -1.99. The number of rotatable bonds is 47. The summed E-state index contributed by atoms with van der Waals surface area (Å²) in [6.07, 6.45) is 28.7. The molecule has 2 atom stereocenters. The van der Waals surface area contributed by atoms with Gasteiger partial charge in [0.1, 0.15) is 6.10 Å². The number of hydrogen-bond donors (Lipinski definition) is 0. The summed E-state index contributed by atoms with van der Waals surface area (Å²) in [7, 11) is 0. The van der Waals surface area contributed by atoms with Gasteiger partial charge in [-0.05, 0) is 51.6 Å². The molecule has 390 valence electrons. The van der Waals surface area contributed by atoms with Crippen molar-refractivity contribution in [1.29, 1.82) is 0 Å². The number of likely N-dealkylation sites (tertiary alicyclic amines) is 1. The lowest BCUT2D eigenvalue weighted by Crippen LogP contribution is -2.49. The van der Waals surface area contributed by atoms with Gasteiger partial charge >= 0.3 is 18.0 Å². The van der Waals surface area contributed by atoms with Crippen LogP contribution in [0.3, 0.4) is 0 Å². The molecular weight excluding hydrogens is 837 g/mol. The van der Waals surface area contributed by atoms with Crippen molar-refractivity contribution in [3.05, 3.63) is 0 Å². The maximum atomic E-state index is 13.4.